The molecule has 0 aliphatic heterocycles. The third-order valence-corrected chi connectivity index (χ3v) is 2.86. The van der Waals surface area contributed by atoms with Crippen LogP contribution in [0.1, 0.15) is 37.8 Å². The maximum atomic E-state index is 11.8. The molecule has 0 unspecified atom stereocenters. The van der Waals surface area contributed by atoms with Gasteiger partial charge < -0.3 is 4.74 Å². The minimum atomic E-state index is -0.114. The second kappa shape index (κ2) is 5.69. The molecule has 0 bridgehead atoms. The Labute approximate surface area is 97.6 Å². The van der Waals surface area contributed by atoms with E-state index in [0.717, 1.165) is 18.4 Å². The number of esters is 1. The molecular weight excluding hydrogens is 200 g/mol. The van der Waals surface area contributed by atoms with E-state index in [4.69, 9.17) is 4.74 Å². The van der Waals surface area contributed by atoms with Gasteiger partial charge in [0.25, 0.3) is 0 Å². The summed E-state index contributed by atoms with van der Waals surface area (Å²) in [5.74, 6) is 0.583. The molecule has 1 aromatic rings. The summed E-state index contributed by atoms with van der Waals surface area (Å²) in [5, 5.41) is 0. The molecule has 0 radical (unpaired) electrons. The number of rotatable bonds is 4. The van der Waals surface area contributed by atoms with Crippen LogP contribution in [0.5, 0.6) is 5.75 Å². The number of carbonyl (C=O) groups excluding carboxylic acids is 1. The van der Waals surface area contributed by atoms with Crippen molar-refractivity contribution in [3.63, 3.8) is 0 Å². The number of hydrogen-bond acceptors (Lipinski definition) is 2. The van der Waals surface area contributed by atoms with Gasteiger partial charge in [-0.3, -0.25) is 4.79 Å². The first kappa shape index (κ1) is 12.8. The molecule has 0 N–H and O–H groups in total. The van der Waals surface area contributed by atoms with Gasteiger partial charge in [0.15, 0.2) is 0 Å². The molecule has 0 saturated heterocycles. The van der Waals surface area contributed by atoms with Gasteiger partial charge in [-0.2, -0.15) is 0 Å². The largest absolute Gasteiger partial charge is 0.426 e. The molecular formula is C14H20O2. The van der Waals surface area contributed by atoms with Crippen LogP contribution < -0.4 is 4.74 Å². The van der Waals surface area contributed by atoms with Crippen molar-refractivity contribution in [3.05, 3.63) is 29.3 Å². The van der Waals surface area contributed by atoms with E-state index in [1.807, 2.05) is 45.9 Å². The highest BCUT2D eigenvalue weighted by atomic mass is 16.5. The van der Waals surface area contributed by atoms with E-state index in [1.54, 1.807) is 0 Å². The summed E-state index contributed by atoms with van der Waals surface area (Å²) in [6, 6.07) is 5.85. The average Bonchev–Trinajstić information content (AvgIpc) is 2.24. The van der Waals surface area contributed by atoms with Gasteiger partial charge in [0.05, 0.1) is 5.92 Å². The van der Waals surface area contributed by atoms with Gasteiger partial charge >= 0.3 is 5.97 Å². The Morgan fingerprint density at radius 3 is 2.38 bits per heavy atom. The second-order valence-corrected chi connectivity index (χ2v) is 4.20. The number of hydrogen-bond donors (Lipinski definition) is 0. The van der Waals surface area contributed by atoms with Crippen molar-refractivity contribution in [1.82, 2.24) is 0 Å². The standard InChI is InChI=1S/C14H20O2/c1-5-12(6-2)14(15)16-13-8-7-10(3)9-11(13)4/h7-9,12H,5-6H2,1-4H3. The molecule has 0 spiro atoms. The molecule has 0 atom stereocenters. The van der Waals surface area contributed by atoms with Crippen LogP contribution in [0.2, 0.25) is 0 Å². The molecule has 88 valence electrons. The molecule has 1 rings (SSSR count). The zero-order chi connectivity index (χ0) is 12.1. The summed E-state index contributed by atoms with van der Waals surface area (Å²) < 4.78 is 5.41. The lowest BCUT2D eigenvalue weighted by molar-refractivity contribution is -0.139. The third-order valence-electron chi connectivity index (χ3n) is 2.86. The maximum Gasteiger partial charge on any atom is 0.314 e. The van der Waals surface area contributed by atoms with E-state index in [1.165, 1.54) is 5.56 Å². The molecule has 2 nitrogen and oxygen atoms in total. The summed E-state index contributed by atoms with van der Waals surface area (Å²) in [5.41, 5.74) is 2.19. The summed E-state index contributed by atoms with van der Waals surface area (Å²) in [7, 11) is 0. The summed E-state index contributed by atoms with van der Waals surface area (Å²) in [6.45, 7) is 8.01. The highest BCUT2D eigenvalue weighted by Crippen LogP contribution is 2.21. The average molecular weight is 220 g/mol. The highest BCUT2D eigenvalue weighted by molar-refractivity contribution is 5.75. The van der Waals surface area contributed by atoms with Crippen LogP contribution in [0, 0.1) is 19.8 Å². The van der Waals surface area contributed by atoms with Crippen molar-refractivity contribution in [2.75, 3.05) is 0 Å². The highest BCUT2D eigenvalue weighted by Gasteiger charge is 2.17. The van der Waals surface area contributed by atoms with Crippen LogP contribution in [0.15, 0.2) is 18.2 Å². The number of ether oxygens (including phenoxy) is 1. The third kappa shape index (κ3) is 3.09. The lowest BCUT2D eigenvalue weighted by Gasteiger charge is -2.13. The Morgan fingerprint density at radius 2 is 1.88 bits per heavy atom. The van der Waals surface area contributed by atoms with Gasteiger partial charge in [-0.1, -0.05) is 31.5 Å². The van der Waals surface area contributed by atoms with E-state index >= 15 is 0 Å². The van der Waals surface area contributed by atoms with Crippen LogP contribution in [-0.2, 0) is 4.79 Å². The molecule has 2 heteroatoms. The molecule has 0 heterocycles. The quantitative estimate of drug-likeness (QED) is 0.572. The van der Waals surface area contributed by atoms with Crippen molar-refractivity contribution < 1.29 is 9.53 Å². The molecule has 0 aromatic heterocycles. The van der Waals surface area contributed by atoms with Crippen LogP contribution >= 0.6 is 0 Å². The fraction of sp³-hybridized carbons (Fsp3) is 0.500. The Hall–Kier alpha value is -1.31. The van der Waals surface area contributed by atoms with Crippen molar-refractivity contribution in [1.29, 1.82) is 0 Å². The van der Waals surface area contributed by atoms with Gasteiger partial charge in [0.2, 0.25) is 0 Å². The zero-order valence-electron chi connectivity index (χ0n) is 10.5. The van der Waals surface area contributed by atoms with Gasteiger partial charge in [-0.15, -0.1) is 0 Å². The molecule has 0 aliphatic rings. The SMILES string of the molecule is CCC(CC)C(=O)Oc1ccc(C)cc1C. The number of carbonyl (C=O) groups is 1. The van der Waals surface area contributed by atoms with E-state index in [2.05, 4.69) is 0 Å². The smallest absolute Gasteiger partial charge is 0.314 e. The van der Waals surface area contributed by atoms with Crippen LogP contribution in [-0.4, -0.2) is 5.97 Å². The van der Waals surface area contributed by atoms with Crippen LogP contribution in [0.4, 0.5) is 0 Å². The normalized spacial score (nSPS) is 10.6. The van der Waals surface area contributed by atoms with Gasteiger partial charge in [0, 0.05) is 0 Å². The second-order valence-electron chi connectivity index (χ2n) is 4.20. The minimum absolute atomic E-state index is 0.0145. The topological polar surface area (TPSA) is 26.3 Å². The maximum absolute atomic E-state index is 11.8. The molecule has 0 aliphatic carbocycles. The first-order valence-corrected chi connectivity index (χ1v) is 5.87. The Balaban J connectivity index is 2.76. The van der Waals surface area contributed by atoms with Crippen molar-refractivity contribution in [3.8, 4) is 5.75 Å². The van der Waals surface area contributed by atoms with Gasteiger partial charge in [-0.05, 0) is 38.3 Å². The number of benzene rings is 1. The van der Waals surface area contributed by atoms with E-state index in [9.17, 15) is 4.79 Å². The Morgan fingerprint density at radius 1 is 1.25 bits per heavy atom. The molecule has 0 amide bonds. The first-order valence-electron chi connectivity index (χ1n) is 5.87. The van der Waals surface area contributed by atoms with Crippen molar-refractivity contribution in [2.45, 2.75) is 40.5 Å². The Bertz CT molecular complexity index is 365. The summed E-state index contributed by atoms with van der Waals surface area (Å²) in [4.78, 5) is 11.8. The zero-order valence-corrected chi connectivity index (χ0v) is 10.5. The minimum Gasteiger partial charge on any atom is -0.426 e. The van der Waals surface area contributed by atoms with Gasteiger partial charge in [0.1, 0.15) is 5.75 Å². The van der Waals surface area contributed by atoms with E-state index < -0.39 is 0 Å². The first-order chi connectivity index (χ1) is 7.58. The van der Waals surface area contributed by atoms with E-state index in [-0.39, 0.29) is 11.9 Å². The molecule has 16 heavy (non-hydrogen) atoms. The fourth-order valence-electron chi connectivity index (χ4n) is 1.73. The van der Waals surface area contributed by atoms with Crippen molar-refractivity contribution in [2.24, 2.45) is 5.92 Å². The molecule has 1 aromatic carbocycles. The van der Waals surface area contributed by atoms with Crippen molar-refractivity contribution >= 4 is 5.97 Å². The molecule has 0 fully saturated rings. The summed E-state index contributed by atoms with van der Waals surface area (Å²) in [6.07, 6.45) is 1.67. The van der Waals surface area contributed by atoms with Gasteiger partial charge in [-0.25, -0.2) is 0 Å². The monoisotopic (exact) mass is 220 g/mol. The molecule has 0 saturated carbocycles. The van der Waals surface area contributed by atoms with Crippen LogP contribution in [0.3, 0.4) is 0 Å². The predicted molar refractivity (Wildman–Crippen MR) is 65.6 cm³/mol. The number of aryl methyl sites for hydroxylation is 2. The van der Waals surface area contributed by atoms with E-state index in [0.29, 0.717) is 5.75 Å². The predicted octanol–water partition coefficient (Wildman–Crippen LogP) is 3.65. The lowest BCUT2D eigenvalue weighted by Crippen LogP contribution is -2.19. The summed E-state index contributed by atoms with van der Waals surface area (Å²) >= 11 is 0. The van der Waals surface area contributed by atoms with Crippen LogP contribution in [0.25, 0.3) is 0 Å². The Kier molecular flexibility index (Phi) is 4.53. The fourth-order valence-corrected chi connectivity index (χ4v) is 1.73. The lowest BCUT2D eigenvalue weighted by atomic mass is 10.0.